The molecule has 0 saturated heterocycles. The lowest BCUT2D eigenvalue weighted by molar-refractivity contribution is 0.0754. The van der Waals surface area contributed by atoms with Gasteiger partial charge in [-0.3, -0.25) is 4.79 Å². The van der Waals surface area contributed by atoms with Crippen LogP contribution in [0.3, 0.4) is 0 Å². The number of halogens is 1. The second-order valence-corrected chi connectivity index (χ2v) is 4.59. The molecule has 1 fully saturated rings. The first-order chi connectivity index (χ1) is 6.83. The lowest BCUT2D eigenvalue weighted by atomic mass is 10.3. The third kappa shape index (κ3) is 2.10. The van der Waals surface area contributed by atoms with Crippen molar-refractivity contribution >= 4 is 28.8 Å². The Labute approximate surface area is 92.5 Å². The molecule has 0 N–H and O–H groups in total. The Morgan fingerprint density at radius 1 is 1.64 bits per heavy atom. The summed E-state index contributed by atoms with van der Waals surface area (Å²) in [6.07, 6.45) is 2.26. The molecule has 1 aromatic heterocycles. The van der Waals surface area contributed by atoms with Crippen LogP contribution in [0.4, 0.5) is 0 Å². The van der Waals surface area contributed by atoms with Gasteiger partial charge in [0.05, 0.1) is 5.56 Å². The van der Waals surface area contributed by atoms with Gasteiger partial charge in [-0.25, -0.2) is 0 Å². The number of amides is 1. The molecule has 1 aliphatic carbocycles. The van der Waals surface area contributed by atoms with Crippen LogP contribution in [0.1, 0.15) is 23.2 Å². The molecule has 0 aliphatic heterocycles. The van der Waals surface area contributed by atoms with Crippen molar-refractivity contribution in [3.05, 3.63) is 22.4 Å². The summed E-state index contributed by atoms with van der Waals surface area (Å²) in [5.41, 5.74) is 0.798. The van der Waals surface area contributed by atoms with Crippen LogP contribution in [0, 0.1) is 0 Å². The van der Waals surface area contributed by atoms with E-state index in [1.54, 1.807) is 11.3 Å². The van der Waals surface area contributed by atoms with E-state index in [1.165, 1.54) is 0 Å². The number of alkyl halides is 1. The third-order valence-corrected chi connectivity index (χ3v) is 3.19. The highest BCUT2D eigenvalue weighted by molar-refractivity contribution is 7.08. The molecule has 76 valence electrons. The van der Waals surface area contributed by atoms with Crippen LogP contribution >= 0.6 is 22.9 Å². The zero-order valence-electron chi connectivity index (χ0n) is 7.78. The quantitative estimate of drug-likeness (QED) is 0.727. The van der Waals surface area contributed by atoms with Gasteiger partial charge in [0.1, 0.15) is 0 Å². The summed E-state index contributed by atoms with van der Waals surface area (Å²) in [6, 6.07) is 2.32. The van der Waals surface area contributed by atoms with E-state index < -0.39 is 0 Å². The van der Waals surface area contributed by atoms with Crippen molar-refractivity contribution in [3.8, 4) is 0 Å². The molecule has 1 amide bonds. The molecule has 0 unspecified atom stereocenters. The first kappa shape index (κ1) is 9.99. The zero-order valence-corrected chi connectivity index (χ0v) is 9.35. The Kier molecular flexibility index (Phi) is 3.08. The number of hydrogen-bond acceptors (Lipinski definition) is 2. The number of nitrogens with zero attached hydrogens (tertiary/aromatic N) is 1. The Hall–Kier alpha value is -0.540. The summed E-state index contributed by atoms with van der Waals surface area (Å²) in [4.78, 5) is 13.8. The van der Waals surface area contributed by atoms with Crippen molar-refractivity contribution < 1.29 is 4.79 Å². The third-order valence-electron chi connectivity index (χ3n) is 2.34. The first-order valence-electron chi connectivity index (χ1n) is 4.72. The average molecular weight is 230 g/mol. The highest BCUT2D eigenvalue weighted by atomic mass is 35.5. The predicted molar refractivity (Wildman–Crippen MR) is 59.1 cm³/mol. The van der Waals surface area contributed by atoms with Crippen LogP contribution in [0.2, 0.25) is 0 Å². The molecular formula is C10H12ClNOS. The van der Waals surface area contributed by atoms with Gasteiger partial charge in [-0.05, 0) is 24.3 Å². The van der Waals surface area contributed by atoms with E-state index in [1.807, 2.05) is 21.7 Å². The molecule has 0 bridgehead atoms. The fraction of sp³-hybridized carbons (Fsp3) is 0.500. The standard InChI is InChI=1S/C10H12ClNOS/c11-4-5-12(9-1-2-9)10(13)8-3-6-14-7-8/h3,6-7,9H,1-2,4-5H2. The van der Waals surface area contributed by atoms with Crippen LogP contribution < -0.4 is 0 Å². The minimum Gasteiger partial charge on any atom is -0.334 e. The van der Waals surface area contributed by atoms with Gasteiger partial charge in [-0.15, -0.1) is 11.6 Å². The summed E-state index contributed by atoms with van der Waals surface area (Å²) in [5.74, 6) is 0.654. The van der Waals surface area contributed by atoms with Crippen molar-refractivity contribution in [2.45, 2.75) is 18.9 Å². The van der Waals surface area contributed by atoms with Gasteiger partial charge in [-0.1, -0.05) is 0 Å². The number of hydrogen-bond donors (Lipinski definition) is 0. The fourth-order valence-corrected chi connectivity index (χ4v) is 2.29. The number of rotatable bonds is 4. The molecule has 0 aromatic carbocycles. The second-order valence-electron chi connectivity index (χ2n) is 3.43. The van der Waals surface area contributed by atoms with Crippen LogP contribution in [-0.4, -0.2) is 29.3 Å². The summed E-state index contributed by atoms with van der Waals surface area (Å²) < 4.78 is 0. The largest absolute Gasteiger partial charge is 0.334 e. The molecule has 1 saturated carbocycles. The minimum absolute atomic E-state index is 0.134. The van der Waals surface area contributed by atoms with Crippen molar-refractivity contribution in [3.63, 3.8) is 0 Å². The van der Waals surface area contributed by atoms with Crippen molar-refractivity contribution in [2.75, 3.05) is 12.4 Å². The van der Waals surface area contributed by atoms with Gasteiger partial charge < -0.3 is 4.90 Å². The van der Waals surface area contributed by atoms with Crippen molar-refractivity contribution in [2.24, 2.45) is 0 Å². The summed E-state index contributed by atoms with van der Waals surface area (Å²) >= 11 is 7.24. The molecule has 2 nitrogen and oxygen atoms in total. The van der Waals surface area contributed by atoms with E-state index in [0.717, 1.165) is 18.4 Å². The Bertz CT molecular complexity index is 308. The van der Waals surface area contributed by atoms with Crippen LogP contribution in [0.15, 0.2) is 16.8 Å². The van der Waals surface area contributed by atoms with Gasteiger partial charge in [0.25, 0.3) is 5.91 Å². The van der Waals surface area contributed by atoms with Gasteiger partial charge >= 0.3 is 0 Å². The van der Waals surface area contributed by atoms with Gasteiger partial charge in [0.15, 0.2) is 0 Å². The summed E-state index contributed by atoms with van der Waals surface area (Å²) in [6.45, 7) is 0.668. The molecular weight excluding hydrogens is 218 g/mol. The summed E-state index contributed by atoms with van der Waals surface area (Å²) in [7, 11) is 0. The lowest BCUT2D eigenvalue weighted by Gasteiger charge is -2.20. The van der Waals surface area contributed by atoms with E-state index >= 15 is 0 Å². The topological polar surface area (TPSA) is 20.3 Å². The summed E-state index contributed by atoms with van der Waals surface area (Å²) in [5, 5.41) is 3.82. The van der Waals surface area contributed by atoms with Crippen LogP contribution in [-0.2, 0) is 0 Å². The van der Waals surface area contributed by atoms with E-state index in [0.29, 0.717) is 18.5 Å². The van der Waals surface area contributed by atoms with E-state index in [-0.39, 0.29) is 5.91 Å². The molecule has 0 spiro atoms. The van der Waals surface area contributed by atoms with Crippen LogP contribution in [0.25, 0.3) is 0 Å². The van der Waals surface area contributed by atoms with Crippen molar-refractivity contribution in [1.82, 2.24) is 4.90 Å². The first-order valence-corrected chi connectivity index (χ1v) is 6.20. The predicted octanol–water partition coefficient (Wildman–Crippen LogP) is 2.59. The maximum Gasteiger partial charge on any atom is 0.254 e. The number of carbonyl (C=O) groups excluding carboxylic acids is 1. The molecule has 14 heavy (non-hydrogen) atoms. The van der Waals surface area contributed by atoms with E-state index in [4.69, 9.17) is 11.6 Å². The molecule has 1 aromatic rings. The SMILES string of the molecule is O=C(c1ccsc1)N(CCCl)C1CC1. The fourth-order valence-electron chi connectivity index (χ4n) is 1.48. The van der Waals surface area contributed by atoms with E-state index in [2.05, 4.69) is 0 Å². The molecule has 1 aliphatic rings. The highest BCUT2D eigenvalue weighted by Crippen LogP contribution is 2.28. The minimum atomic E-state index is 0.134. The van der Waals surface area contributed by atoms with Gasteiger partial charge in [0.2, 0.25) is 0 Å². The monoisotopic (exact) mass is 229 g/mol. The molecule has 0 radical (unpaired) electrons. The van der Waals surface area contributed by atoms with E-state index in [9.17, 15) is 4.79 Å². The lowest BCUT2D eigenvalue weighted by Crippen LogP contribution is -2.34. The average Bonchev–Trinajstić information content (AvgIpc) is 2.88. The highest BCUT2D eigenvalue weighted by Gasteiger charge is 2.32. The Balaban J connectivity index is 2.07. The molecule has 1 heterocycles. The molecule has 2 rings (SSSR count). The van der Waals surface area contributed by atoms with Crippen molar-refractivity contribution in [1.29, 1.82) is 0 Å². The smallest absolute Gasteiger partial charge is 0.254 e. The Morgan fingerprint density at radius 2 is 2.43 bits per heavy atom. The molecule has 4 heteroatoms. The normalized spacial score (nSPS) is 15.5. The van der Waals surface area contributed by atoms with Crippen LogP contribution in [0.5, 0.6) is 0 Å². The number of carbonyl (C=O) groups is 1. The maximum absolute atomic E-state index is 12.0. The van der Waals surface area contributed by atoms with Gasteiger partial charge in [0, 0.05) is 23.8 Å². The van der Waals surface area contributed by atoms with Gasteiger partial charge in [-0.2, -0.15) is 11.3 Å². The molecule has 0 atom stereocenters. The zero-order chi connectivity index (χ0) is 9.97. The number of thiophene rings is 1. The Morgan fingerprint density at radius 3 is 2.93 bits per heavy atom. The maximum atomic E-state index is 12.0. The second kappa shape index (κ2) is 4.32.